The number of hydrogen-bond acceptors (Lipinski definition) is 3. The highest BCUT2D eigenvalue weighted by atomic mass is 16.1. The van der Waals surface area contributed by atoms with E-state index in [4.69, 9.17) is 5.73 Å². The molecule has 1 rings (SSSR count). The smallest absolute Gasteiger partial charge is 0.267 e. The molecule has 100 valence electrons. The molecule has 0 saturated carbocycles. The van der Waals surface area contributed by atoms with Gasteiger partial charge >= 0.3 is 0 Å². The molecular weight excluding hydrogens is 226 g/mol. The summed E-state index contributed by atoms with van der Waals surface area (Å²) in [6.07, 6.45) is 6.21. The van der Waals surface area contributed by atoms with Crippen LogP contribution >= 0.6 is 0 Å². The van der Waals surface area contributed by atoms with Gasteiger partial charge in [0.05, 0.1) is 0 Å². The molecule has 0 bridgehead atoms. The van der Waals surface area contributed by atoms with Crippen molar-refractivity contribution >= 4 is 5.91 Å². The second-order valence-electron chi connectivity index (χ2n) is 4.66. The third kappa shape index (κ3) is 5.27. The summed E-state index contributed by atoms with van der Waals surface area (Å²) in [4.78, 5) is 14.9. The summed E-state index contributed by atoms with van der Waals surface area (Å²) < 4.78 is 0. The summed E-state index contributed by atoms with van der Waals surface area (Å²) in [6, 6.07) is 4.12. The van der Waals surface area contributed by atoms with Gasteiger partial charge in [0.25, 0.3) is 5.91 Å². The molecule has 1 aromatic rings. The standard InChI is InChI=1S/C14H23N3O/c1-3-4-9-16-11(2)5-6-12-7-8-13(14(15)18)17-10-12/h7-8,10-11,16H,3-6,9H2,1-2H3,(H2,15,18). The number of unbranched alkanes of at least 4 members (excludes halogenated alkanes) is 1. The Bertz CT molecular complexity index is 362. The van der Waals surface area contributed by atoms with E-state index < -0.39 is 5.91 Å². The second kappa shape index (κ2) is 7.82. The lowest BCUT2D eigenvalue weighted by atomic mass is 10.1. The monoisotopic (exact) mass is 249 g/mol. The number of carbonyl (C=O) groups excluding carboxylic acids is 1. The van der Waals surface area contributed by atoms with Crippen LogP contribution in [0.15, 0.2) is 18.3 Å². The predicted octanol–water partition coefficient (Wildman–Crippen LogP) is 1.89. The Morgan fingerprint density at radius 1 is 1.50 bits per heavy atom. The third-order valence-electron chi connectivity index (χ3n) is 2.97. The summed E-state index contributed by atoms with van der Waals surface area (Å²) >= 11 is 0. The highest BCUT2D eigenvalue weighted by Crippen LogP contribution is 2.05. The fourth-order valence-electron chi connectivity index (χ4n) is 1.73. The first kappa shape index (κ1) is 14.6. The number of aromatic nitrogens is 1. The van der Waals surface area contributed by atoms with E-state index in [-0.39, 0.29) is 0 Å². The van der Waals surface area contributed by atoms with Crippen molar-refractivity contribution in [1.82, 2.24) is 10.3 Å². The number of hydrogen-bond donors (Lipinski definition) is 2. The largest absolute Gasteiger partial charge is 0.364 e. The summed E-state index contributed by atoms with van der Waals surface area (Å²) in [6.45, 7) is 5.47. The first-order valence-electron chi connectivity index (χ1n) is 6.61. The molecule has 0 fully saturated rings. The number of nitrogens with one attached hydrogen (secondary N) is 1. The normalized spacial score (nSPS) is 12.3. The van der Waals surface area contributed by atoms with Crippen molar-refractivity contribution in [2.24, 2.45) is 5.73 Å². The van der Waals surface area contributed by atoms with Crippen molar-refractivity contribution in [3.8, 4) is 0 Å². The number of nitrogens with zero attached hydrogens (tertiary/aromatic N) is 1. The van der Waals surface area contributed by atoms with Gasteiger partial charge in [0.15, 0.2) is 0 Å². The van der Waals surface area contributed by atoms with E-state index in [9.17, 15) is 4.79 Å². The fraction of sp³-hybridized carbons (Fsp3) is 0.571. The van der Waals surface area contributed by atoms with Crippen molar-refractivity contribution < 1.29 is 4.79 Å². The Labute approximate surface area is 109 Å². The maximum Gasteiger partial charge on any atom is 0.267 e. The van der Waals surface area contributed by atoms with E-state index in [1.54, 1.807) is 12.3 Å². The van der Waals surface area contributed by atoms with E-state index in [1.807, 2.05) is 6.07 Å². The van der Waals surface area contributed by atoms with Crippen molar-refractivity contribution in [1.29, 1.82) is 0 Å². The van der Waals surface area contributed by atoms with Crippen LogP contribution in [0, 0.1) is 0 Å². The molecule has 1 heterocycles. The number of pyridine rings is 1. The lowest BCUT2D eigenvalue weighted by molar-refractivity contribution is 0.0995. The molecule has 0 radical (unpaired) electrons. The van der Waals surface area contributed by atoms with Gasteiger partial charge in [-0.1, -0.05) is 19.4 Å². The Morgan fingerprint density at radius 3 is 2.83 bits per heavy atom. The van der Waals surface area contributed by atoms with E-state index in [0.29, 0.717) is 11.7 Å². The van der Waals surface area contributed by atoms with Crippen LogP contribution in [0.4, 0.5) is 0 Å². The first-order chi connectivity index (χ1) is 8.63. The second-order valence-corrected chi connectivity index (χ2v) is 4.66. The van der Waals surface area contributed by atoms with Crippen LogP contribution in [0.5, 0.6) is 0 Å². The zero-order valence-electron chi connectivity index (χ0n) is 11.3. The van der Waals surface area contributed by atoms with Crippen LogP contribution < -0.4 is 11.1 Å². The molecule has 1 atom stereocenters. The molecule has 3 N–H and O–H groups in total. The first-order valence-corrected chi connectivity index (χ1v) is 6.61. The molecule has 0 aliphatic rings. The van der Waals surface area contributed by atoms with Crippen LogP contribution in [0.2, 0.25) is 0 Å². The average molecular weight is 249 g/mol. The van der Waals surface area contributed by atoms with Crippen LogP contribution in [0.25, 0.3) is 0 Å². The minimum absolute atomic E-state index is 0.327. The zero-order valence-corrected chi connectivity index (χ0v) is 11.3. The van der Waals surface area contributed by atoms with E-state index in [0.717, 1.165) is 24.9 Å². The van der Waals surface area contributed by atoms with Gasteiger partial charge in [0.2, 0.25) is 0 Å². The maximum atomic E-state index is 10.9. The van der Waals surface area contributed by atoms with E-state index >= 15 is 0 Å². The minimum Gasteiger partial charge on any atom is -0.364 e. The number of carbonyl (C=O) groups is 1. The number of nitrogens with two attached hydrogens (primary N) is 1. The van der Waals surface area contributed by atoms with Gasteiger partial charge in [-0.3, -0.25) is 9.78 Å². The molecule has 0 spiro atoms. The molecule has 0 aliphatic carbocycles. The summed E-state index contributed by atoms with van der Waals surface area (Å²) in [5.41, 5.74) is 6.61. The van der Waals surface area contributed by atoms with Gasteiger partial charge in [0, 0.05) is 12.2 Å². The highest BCUT2D eigenvalue weighted by Gasteiger charge is 2.04. The summed E-state index contributed by atoms with van der Waals surface area (Å²) in [7, 11) is 0. The predicted molar refractivity (Wildman–Crippen MR) is 73.4 cm³/mol. The minimum atomic E-state index is -0.476. The Morgan fingerprint density at radius 2 is 2.28 bits per heavy atom. The fourth-order valence-corrected chi connectivity index (χ4v) is 1.73. The molecule has 18 heavy (non-hydrogen) atoms. The molecule has 1 aromatic heterocycles. The Hall–Kier alpha value is -1.42. The molecule has 1 unspecified atom stereocenters. The third-order valence-corrected chi connectivity index (χ3v) is 2.97. The van der Waals surface area contributed by atoms with Gasteiger partial charge in [0.1, 0.15) is 5.69 Å². The maximum absolute atomic E-state index is 10.9. The number of amides is 1. The van der Waals surface area contributed by atoms with Crippen molar-refractivity contribution in [3.05, 3.63) is 29.6 Å². The van der Waals surface area contributed by atoms with Crippen molar-refractivity contribution in [3.63, 3.8) is 0 Å². The van der Waals surface area contributed by atoms with Gasteiger partial charge in [-0.2, -0.15) is 0 Å². The lowest BCUT2D eigenvalue weighted by Crippen LogP contribution is -2.27. The van der Waals surface area contributed by atoms with E-state index in [1.165, 1.54) is 12.8 Å². The number of aryl methyl sites for hydroxylation is 1. The van der Waals surface area contributed by atoms with Crippen LogP contribution in [0.1, 0.15) is 49.2 Å². The highest BCUT2D eigenvalue weighted by molar-refractivity contribution is 5.90. The van der Waals surface area contributed by atoms with Gasteiger partial charge in [-0.05, 0) is 44.4 Å². The average Bonchev–Trinajstić information content (AvgIpc) is 2.37. The van der Waals surface area contributed by atoms with Gasteiger partial charge in [-0.15, -0.1) is 0 Å². The molecule has 4 nitrogen and oxygen atoms in total. The Balaban J connectivity index is 2.32. The molecule has 0 saturated heterocycles. The SMILES string of the molecule is CCCCNC(C)CCc1ccc(C(N)=O)nc1. The number of rotatable bonds is 8. The summed E-state index contributed by atoms with van der Waals surface area (Å²) in [5.74, 6) is -0.476. The molecule has 0 aromatic carbocycles. The van der Waals surface area contributed by atoms with Gasteiger partial charge in [-0.25, -0.2) is 0 Å². The van der Waals surface area contributed by atoms with Gasteiger partial charge < -0.3 is 11.1 Å². The molecule has 4 heteroatoms. The molecule has 1 amide bonds. The van der Waals surface area contributed by atoms with Crippen LogP contribution in [-0.4, -0.2) is 23.5 Å². The zero-order chi connectivity index (χ0) is 13.4. The summed E-state index contributed by atoms with van der Waals surface area (Å²) in [5, 5.41) is 3.49. The topological polar surface area (TPSA) is 68.0 Å². The van der Waals surface area contributed by atoms with Crippen molar-refractivity contribution in [2.45, 2.75) is 45.6 Å². The van der Waals surface area contributed by atoms with Crippen LogP contribution in [0.3, 0.4) is 0 Å². The number of primary amides is 1. The lowest BCUT2D eigenvalue weighted by Gasteiger charge is -2.13. The molecule has 0 aliphatic heterocycles. The van der Waals surface area contributed by atoms with Crippen molar-refractivity contribution in [2.75, 3.05) is 6.54 Å². The quantitative estimate of drug-likeness (QED) is 0.691. The van der Waals surface area contributed by atoms with Crippen LogP contribution in [-0.2, 0) is 6.42 Å². The molecular formula is C14H23N3O. The van der Waals surface area contributed by atoms with E-state index in [2.05, 4.69) is 24.1 Å². The Kier molecular flexibility index (Phi) is 6.36.